The molecule has 128 valence electrons. The van der Waals surface area contributed by atoms with Crippen LogP contribution in [0.25, 0.3) is 0 Å². The molecule has 0 bridgehead atoms. The van der Waals surface area contributed by atoms with Crippen LogP contribution in [-0.2, 0) is 14.6 Å². The van der Waals surface area contributed by atoms with Crippen molar-refractivity contribution in [2.24, 2.45) is 0 Å². The highest BCUT2D eigenvalue weighted by Gasteiger charge is 2.23. The summed E-state index contributed by atoms with van der Waals surface area (Å²) in [6, 6.07) is 10.7. The Bertz CT molecular complexity index is 853. The monoisotopic (exact) mass is 386 g/mol. The molecule has 24 heavy (non-hydrogen) atoms. The minimum Gasteiger partial charge on any atom is -0.254 e. The van der Waals surface area contributed by atoms with Crippen molar-refractivity contribution < 1.29 is 17.5 Å². The molecular weight excluding hydrogens is 369 g/mol. The van der Waals surface area contributed by atoms with Gasteiger partial charge < -0.3 is 0 Å². The van der Waals surface area contributed by atoms with E-state index in [0.29, 0.717) is 16.3 Å². The number of sulfonamides is 1. The molecule has 2 rings (SSSR count). The highest BCUT2D eigenvalue weighted by Crippen LogP contribution is 2.33. The number of hydrogen-bond acceptors (Lipinski definition) is 4. The standard InChI is InChI=1S/C16H18ClNO4PS/c1-11-4-7-14(8-5-11)24(20,21)18-12(2)15-10-13(17)6-9-16(15)22-23(3)19/h4-10,12,18H,1-3H3/q+1/t12-/m1/s1. The van der Waals surface area contributed by atoms with E-state index in [1.54, 1.807) is 49.4 Å². The number of halogens is 1. The third kappa shape index (κ3) is 4.77. The lowest BCUT2D eigenvalue weighted by atomic mass is 10.1. The molecule has 0 fully saturated rings. The topological polar surface area (TPSA) is 72.5 Å². The van der Waals surface area contributed by atoms with E-state index in [9.17, 15) is 13.0 Å². The van der Waals surface area contributed by atoms with E-state index in [1.165, 1.54) is 6.66 Å². The highest BCUT2D eigenvalue weighted by molar-refractivity contribution is 7.89. The number of rotatable bonds is 6. The first-order valence-corrected chi connectivity index (χ1v) is 10.6. The molecule has 0 amide bonds. The summed E-state index contributed by atoms with van der Waals surface area (Å²) in [6.45, 7) is 4.98. The molecule has 2 aromatic rings. The van der Waals surface area contributed by atoms with E-state index in [2.05, 4.69) is 4.72 Å². The lowest BCUT2D eigenvalue weighted by Crippen LogP contribution is -2.27. The number of hydrogen-bond donors (Lipinski definition) is 1. The molecule has 8 heteroatoms. The van der Waals surface area contributed by atoms with Crippen molar-refractivity contribution in [2.45, 2.75) is 24.8 Å². The van der Waals surface area contributed by atoms with Crippen LogP contribution in [0.3, 0.4) is 0 Å². The van der Waals surface area contributed by atoms with Crippen LogP contribution in [0.2, 0.25) is 5.02 Å². The van der Waals surface area contributed by atoms with E-state index in [0.717, 1.165) is 5.56 Å². The normalized spacial score (nSPS) is 13.4. The zero-order valence-electron chi connectivity index (χ0n) is 13.5. The molecule has 1 N–H and O–H groups in total. The largest absolute Gasteiger partial charge is 0.552 e. The van der Waals surface area contributed by atoms with Crippen molar-refractivity contribution >= 4 is 29.7 Å². The molecule has 0 aliphatic rings. The van der Waals surface area contributed by atoms with Crippen molar-refractivity contribution in [2.75, 3.05) is 6.66 Å². The third-order valence-electron chi connectivity index (χ3n) is 3.33. The van der Waals surface area contributed by atoms with Crippen LogP contribution in [0.5, 0.6) is 5.75 Å². The lowest BCUT2D eigenvalue weighted by Gasteiger charge is -2.16. The molecular formula is C16H18ClNO4PS+. The zero-order valence-corrected chi connectivity index (χ0v) is 16.0. The average molecular weight is 387 g/mol. The van der Waals surface area contributed by atoms with Gasteiger partial charge in [-0.2, -0.15) is 0 Å². The molecule has 1 unspecified atom stereocenters. The Morgan fingerprint density at radius 1 is 1.17 bits per heavy atom. The highest BCUT2D eigenvalue weighted by atomic mass is 35.5. The molecule has 0 heterocycles. The van der Waals surface area contributed by atoms with Crippen molar-refractivity contribution in [3.05, 3.63) is 58.6 Å². The summed E-state index contributed by atoms with van der Waals surface area (Å²) >= 11 is 6.00. The maximum absolute atomic E-state index is 12.5. The van der Waals surface area contributed by atoms with Gasteiger partial charge in [0.2, 0.25) is 10.0 Å². The van der Waals surface area contributed by atoms with Crippen molar-refractivity contribution in [3.8, 4) is 5.75 Å². The van der Waals surface area contributed by atoms with Gasteiger partial charge in [-0.15, -0.1) is 0 Å². The van der Waals surface area contributed by atoms with Gasteiger partial charge in [0.25, 0.3) is 0 Å². The van der Waals surface area contributed by atoms with Gasteiger partial charge >= 0.3 is 8.03 Å². The molecule has 0 radical (unpaired) electrons. The van der Waals surface area contributed by atoms with Crippen LogP contribution in [0.1, 0.15) is 24.1 Å². The summed E-state index contributed by atoms with van der Waals surface area (Å²) in [5.41, 5.74) is 1.49. The minimum absolute atomic E-state index is 0.172. The summed E-state index contributed by atoms with van der Waals surface area (Å²) in [4.78, 5) is 0.172. The zero-order chi connectivity index (χ0) is 17.9. The van der Waals surface area contributed by atoms with Gasteiger partial charge in [0.05, 0.1) is 4.90 Å². The van der Waals surface area contributed by atoms with Crippen LogP contribution in [0.15, 0.2) is 47.4 Å². The molecule has 5 nitrogen and oxygen atoms in total. The van der Waals surface area contributed by atoms with Crippen LogP contribution in [0, 0.1) is 6.92 Å². The summed E-state index contributed by atoms with van der Waals surface area (Å²) in [7, 11) is -5.58. The van der Waals surface area contributed by atoms with E-state index in [1.807, 2.05) is 6.92 Å². The first kappa shape index (κ1) is 18.9. The molecule has 0 aromatic heterocycles. The molecule has 2 aromatic carbocycles. The Balaban J connectivity index is 2.32. The summed E-state index contributed by atoms with van der Waals surface area (Å²) in [5, 5.41) is 0.435. The van der Waals surface area contributed by atoms with E-state index in [-0.39, 0.29) is 4.90 Å². The Hall–Kier alpha value is -1.46. The molecule has 0 saturated heterocycles. The second kappa shape index (κ2) is 7.62. The fourth-order valence-electron chi connectivity index (χ4n) is 2.16. The molecule has 0 aliphatic carbocycles. The van der Waals surface area contributed by atoms with Gasteiger partial charge in [-0.05, 0) is 48.7 Å². The Morgan fingerprint density at radius 2 is 1.79 bits per heavy atom. The quantitative estimate of drug-likeness (QED) is 0.745. The van der Waals surface area contributed by atoms with Gasteiger partial charge in [-0.3, -0.25) is 4.52 Å². The van der Waals surface area contributed by atoms with Gasteiger partial charge in [0.1, 0.15) is 0 Å². The number of nitrogens with one attached hydrogen (secondary N) is 1. The lowest BCUT2D eigenvalue weighted by molar-refractivity contribution is 0.502. The average Bonchev–Trinajstić information content (AvgIpc) is 2.48. The van der Waals surface area contributed by atoms with Crippen LogP contribution in [0.4, 0.5) is 0 Å². The SMILES string of the molecule is Cc1ccc(S(=O)(=O)N[C@H](C)c2cc(Cl)ccc2O[P+](C)=O)cc1. The summed E-state index contributed by atoms with van der Waals surface area (Å²) < 4.78 is 44.2. The Labute approximate surface area is 147 Å². The summed E-state index contributed by atoms with van der Waals surface area (Å²) in [5.74, 6) is 0.335. The van der Waals surface area contributed by atoms with Crippen molar-refractivity contribution in [1.29, 1.82) is 0 Å². The van der Waals surface area contributed by atoms with E-state index in [4.69, 9.17) is 16.1 Å². The fraction of sp³-hybridized carbons (Fsp3) is 0.250. The number of benzene rings is 2. The number of aryl methyl sites for hydroxylation is 1. The van der Waals surface area contributed by atoms with Gasteiger partial charge in [-0.1, -0.05) is 29.3 Å². The first-order valence-electron chi connectivity index (χ1n) is 7.16. The Kier molecular flexibility index (Phi) is 5.99. The van der Waals surface area contributed by atoms with Crippen LogP contribution in [-0.4, -0.2) is 15.1 Å². The molecule has 0 spiro atoms. The van der Waals surface area contributed by atoms with Crippen molar-refractivity contribution in [3.63, 3.8) is 0 Å². The maximum Gasteiger partial charge on any atom is 0.552 e. The first-order chi connectivity index (χ1) is 11.2. The van der Waals surface area contributed by atoms with Crippen LogP contribution < -0.4 is 9.25 Å². The van der Waals surface area contributed by atoms with Crippen molar-refractivity contribution in [1.82, 2.24) is 4.72 Å². The molecule has 2 atom stereocenters. The smallest absolute Gasteiger partial charge is 0.254 e. The molecule has 0 aliphatic heterocycles. The second-order valence-corrected chi connectivity index (χ2v) is 8.58. The van der Waals surface area contributed by atoms with Gasteiger partial charge in [0, 0.05) is 16.6 Å². The predicted octanol–water partition coefficient (Wildman–Crippen LogP) is 4.44. The third-order valence-corrected chi connectivity index (χ3v) is 5.57. The van der Waals surface area contributed by atoms with E-state index < -0.39 is 24.1 Å². The van der Waals surface area contributed by atoms with Gasteiger partial charge in [-0.25, -0.2) is 13.1 Å². The Morgan fingerprint density at radius 3 is 2.38 bits per heavy atom. The fourth-order valence-corrected chi connectivity index (χ4v) is 4.01. The summed E-state index contributed by atoms with van der Waals surface area (Å²) in [6.07, 6.45) is 0. The van der Waals surface area contributed by atoms with Crippen LogP contribution >= 0.6 is 19.6 Å². The van der Waals surface area contributed by atoms with Gasteiger partial charge in [0.15, 0.2) is 12.4 Å². The molecule has 0 saturated carbocycles. The second-order valence-electron chi connectivity index (χ2n) is 5.37. The van der Waals surface area contributed by atoms with E-state index >= 15 is 0 Å². The maximum atomic E-state index is 12.5. The minimum atomic E-state index is -3.70. The predicted molar refractivity (Wildman–Crippen MR) is 95.5 cm³/mol.